The summed E-state index contributed by atoms with van der Waals surface area (Å²) in [7, 11) is 1.58. The van der Waals surface area contributed by atoms with Gasteiger partial charge in [-0.25, -0.2) is 0 Å². The van der Waals surface area contributed by atoms with Crippen LogP contribution in [0, 0.1) is 6.92 Å². The van der Waals surface area contributed by atoms with Gasteiger partial charge in [0.15, 0.2) is 5.75 Å². The Bertz CT molecular complexity index is 452. The van der Waals surface area contributed by atoms with Crippen molar-refractivity contribution in [1.82, 2.24) is 10.3 Å². The number of hydrogen-bond acceptors (Lipinski definition) is 4. The van der Waals surface area contributed by atoms with E-state index in [0.29, 0.717) is 5.75 Å². The zero-order valence-electron chi connectivity index (χ0n) is 12.5. The van der Waals surface area contributed by atoms with Gasteiger partial charge in [-0.1, -0.05) is 0 Å². The second kappa shape index (κ2) is 5.91. The molecule has 0 saturated heterocycles. The Morgan fingerprint density at radius 2 is 2.05 bits per heavy atom. The third-order valence-electron chi connectivity index (χ3n) is 2.49. The number of aryl methyl sites for hydroxylation is 1. The topological polar surface area (TPSA) is 63.2 Å². The van der Waals surface area contributed by atoms with E-state index in [-0.39, 0.29) is 17.5 Å². The van der Waals surface area contributed by atoms with Crippen LogP contribution in [0.3, 0.4) is 0 Å². The van der Waals surface area contributed by atoms with Gasteiger partial charge in [-0.2, -0.15) is 0 Å². The standard InChI is InChI=1S/C14H23N3O2/c1-9-7-11(12(19-6)8-15-9)16-10(2)13(18)17-14(3,4)5/h7-8,10H,1-6H3,(H,15,16)(H,17,18). The summed E-state index contributed by atoms with van der Waals surface area (Å²) in [4.78, 5) is 16.2. The van der Waals surface area contributed by atoms with Crippen molar-refractivity contribution in [1.29, 1.82) is 0 Å². The molecule has 1 unspecified atom stereocenters. The first kappa shape index (κ1) is 15.3. The Balaban J connectivity index is 2.79. The highest BCUT2D eigenvalue weighted by Crippen LogP contribution is 2.24. The van der Waals surface area contributed by atoms with Crippen molar-refractivity contribution in [2.75, 3.05) is 12.4 Å². The van der Waals surface area contributed by atoms with Crippen LogP contribution >= 0.6 is 0 Å². The molecule has 0 saturated carbocycles. The molecule has 1 amide bonds. The van der Waals surface area contributed by atoms with E-state index in [1.165, 1.54) is 0 Å². The Labute approximate surface area is 114 Å². The number of rotatable bonds is 4. The van der Waals surface area contributed by atoms with E-state index in [4.69, 9.17) is 4.74 Å². The monoisotopic (exact) mass is 265 g/mol. The van der Waals surface area contributed by atoms with Gasteiger partial charge in [0.05, 0.1) is 19.0 Å². The lowest BCUT2D eigenvalue weighted by atomic mass is 10.1. The van der Waals surface area contributed by atoms with Gasteiger partial charge in [0.2, 0.25) is 5.91 Å². The van der Waals surface area contributed by atoms with Crippen LogP contribution in [-0.2, 0) is 4.79 Å². The van der Waals surface area contributed by atoms with Crippen LogP contribution in [0.5, 0.6) is 5.75 Å². The van der Waals surface area contributed by atoms with Gasteiger partial charge >= 0.3 is 0 Å². The first-order valence-electron chi connectivity index (χ1n) is 6.32. The van der Waals surface area contributed by atoms with Crippen molar-refractivity contribution < 1.29 is 9.53 Å². The van der Waals surface area contributed by atoms with Gasteiger partial charge < -0.3 is 15.4 Å². The van der Waals surface area contributed by atoms with Crippen molar-refractivity contribution in [3.05, 3.63) is 18.0 Å². The number of ether oxygens (including phenoxy) is 1. The van der Waals surface area contributed by atoms with Crippen LogP contribution < -0.4 is 15.4 Å². The second-order valence-electron chi connectivity index (χ2n) is 5.63. The largest absolute Gasteiger partial charge is 0.493 e. The molecule has 106 valence electrons. The van der Waals surface area contributed by atoms with Gasteiger partial charge in [0.25, 0.3) is 0 Å². The number of carbonyl (C=O) groups excluding carboxylic acids is 1. The summed E-state index contributed by atoms with van der Waals surface area (Å²) in [6.45, 7) is 9.57. The SMILES string of the molecule is COc1cnc(C)cc1NC(C)C(=O)NC(C)(C)C. The fraction of sp³-hybridized carbons (Fsp3) is 0.571. The van der Waals surface area contributed by atoms with Crippen LogP contribution in [0.15, 0.2) is 12.3 Å². The molecule has 0 radical (unpaired) electrons. The number of amides is 1. The van der Waals surface area contributed by atoms with E-state index >= 15 is 0 Å². The van der Waals surface area contributed by atoms with Crippen molar-refractivity contribution in [3.63, 3.8) is 0 Å². The van der Waals surface area contributed by atoms with E-state index in [0.717, 1.165) is 11.4 Å². The van der Waals surface area contributed by atoms with Crippen molar-refractivity contribution in [2.24, 2.45) is 0 Å². The average molecular weight is 265 g/mol. The van der Waals surface area contributed by atoms with E-state index in [1.807, 2.05) is 40.7 Å². The molecule has 5 nitrogen and oxygen atoms in total. The molecule has 1 rings (SSSR count). The number of aromatic nitrogens is 1. The molecular weight excluding hydrogens is 242 g/mol. The molecule has 1 aromatic rings. The number of methoxy groups -OCH3 is 1. The van der Waals surface area contributed by atoms with E-state index in [2.05, 4.69) is 15.6 Å². The van der Waals surface area contributed by atoms with Crippen molar-refractivity contribution in [2.45, 2.75) is 46.2 Å². The van der Waals surface area contributed by atoms with Crippen LogP contribution in [-0.4, -0.2) is 29.6 Å². The molecule has 0 aliphatic carbocycles. The Kier molecular flexibility index (Phi) is 4.75. The summed E-state index contributed by atoms with van der Waals surface area (Å²) in [5.41, 5.74) is 1.39. The molecule has 1 heterocycles. The first-order valence-corrected chi connectivity index (χ1v) is 6.32. The highest BCUT2D eigenvalue weighted by Gasteiger charge is 2.20. The molecule has 2 N–H and O–H groups in total. The quantitative estimate of drug-likeness (QED) is 0.875. The first-order chi connectivity index (χ1) is 8.73. The lowest BCUT2D eigenvalue weighted by Gasteiger charge is -2.24. The molecule has 0 bridgehead atoms. The zero-order chi connectivity index (χ0) is 14.6. The Morgan fingerprint density at radius 1 is 1.42 bits per heavy atom. The molecule has 0 aliphatic rings. The lowest BCUT2D eigenvalue weighted by molar-refractivity contribution is -0.122. The van der Waals surface area contributed by atoms with Gasteiger partial charge in [0.1, 0.15) is 6.04 Å². The molecule has 0 fully saturated rings. The Hall–Kier alpha value is -1.78. The minimum Gasteiger partial charge on any atom is -0.493 e. The van der Waals surface area contributed by atoms with Crippen LogP contribution in [0.1, 0.15) is 33.4 Å². The summed E-state index contributed by atoms with van der Waals surface area (Å²) >= 11 is 0. The van der Waals surface area contributed by atoms with Crippen LogP contribution in [0.25, 0.3) is 0 Å². The van der Waals surface area contributed by atoms with Crippen molar-refractivity contribution >= 4 is 11.6 Å². The van der Waals surface area contributed by atoms with Gasteiger partial charge in [-0.3, -0.25) is 9.78 Å². The van der Waals surface area contributed by atoms with E-state index < -0.39 is 0 Å². The average Bonchev–Trinajstić information content (AvgIpc) is 2.27. The highest BCUT2D eigenvalue weighted by molar-refractivity contribution is 5.85. The molecule has 0 spiro atoms. The molecule has 0 aliphatic heterocycles. The number of hydrogen-bond donors (Lipinski definition) is 2. The predicted molar refractivity (Wildman–Crippen MR) is 76.5 cm³/mol. The summed E-state index contributed by atoms with van der Waals surface area (Å²) in [5.74, 6) is 0.574. The smallest absolute Gasteiger partial charge is 0.242 e. The minimum atomic E-state index is -0.352. The summed E-state index contributed by atoms with van der Waals surface area (Å²) in [5, 5.41) is 6.08. The zero-order valence-corrected chi connectivity index (χ0v) is 12.5. The van der Waals surface area contributed by atoms with Crippen LogP contribution in [0.2, 0.25) is 0 Å². The summed E-state index contributed by atoms with van der Waals surface area (Å²) in [6, 6.07) is 1.51. The fourth-order valence-electron chi connectivity index (χ4n) is 1.60. The van der Waals surface area contributed by atoms with E-state index in [9.17, 15) is 4.79 Å². The predicted octanol–water partition coefficient (Wildman–Crippen LogP) is 2.11. The second-order valence-corrected chi connectivity index (χ2v) is 5.63. The van der Waals surface area contributed by atoms with Crippen LogP contribution in [0.4, 0.5) is 5.69 Å². The number of pyridine rings is 1. The van der Waals surface area contributed by atoms with Gasteiger partial charge in [0, 0.05) is 11.2 Å². The number of carbonyl (C=O) groups is 1. The molecular formula is C14H23N3O2. The lowest BCUT2D eigenvalue weighted by Crippen LogP contribution is -2.47. The summed E-state index contributed by atoms with van der Waals surface area (Å²) < 4.78 is 5.23. The molecule has 5 heteroatoms. The highest BCUT2D eigenvalue weighted by atomic mass is 16.5. The maximum Gasteiger partial charge on any atom is 0.242 e. The van der Waals surface area contributed by atoms with Gasteiger partial charge in [-0.15, -0.1) is 0 Å². The third kappa shape index (κ3) is 4.77. The van der Waals surface area contributed by atoms with E-state index in [1.54, 1.807) is 13.3 Å². The molecule has 0 aromatic carbocycles. The number of nitrogens with zero attached hydrogens (tertiary/aromatic N) is 1. The maximum absolute atomic E-state index is 12.0. The summed E-state index contributed by atoms with van der Waals surface area (Å²) in [6.07, 6.45) is 1.64. The Morgan fingerprint density at radius 3 is 2.58 bits per heavy atom. The normalized spacial score (nSPS) is 12.7. The van der Waals surface area contributed by atoms with Crippen molar-refractivity contribution in [3.8, 4) is 5.75 Å². The number of anilines is 1. The minimum absolute atomic E-state index is 0.0518. The molecule has 1 atom stereocenters. The third-order valence-corrected chi connectivity index (χ3v) is 2.49. The molecule has 1 aromatic heterocycles. The fourth-order valence-corrected chi connectivity index (χ4v) is 1.60. The number of nitrogens with one attached hydrogen (secondary N) is 2. The molecule has 19 heavy (non-hydrogen) atoms. The maximum atomic E-state index is 12.0. The van der Waals surface area contributed by atoms with Gasteiger partial charge in [-0.05, 0) is 40.7 Å².